The Morgan fingerprint density at radius 3 is 2.61 bits per heavy atom. The third-order valence-corrected chi connectivity index (χ3v) is 4.05. The molecule has 1 unspecified atom stereocenters. The number of nitrogens with one attached hydrogen (secondary N) is 1. The summed E-state index contributed by atoms with van der Waals surface area (Å²) in [6, 6.07) is 7.49. The molecule has 2 heteroatoms. The van der Waals surface area contributed by atoms with E-state index in [0.717, 1.165) is 13.0 Å². The van der Waals surface area contributed by atoms with Crippen molar-refractivity contribution in [2.75, 3.05) is 18.6 Å². The molecule has 0 aliphatic carbocycles. The minimum Gasteiger partial charge on any atom is -0.314 e. The van der Waals surface area contributed by atoms with Gasteiger partial charge in [-0.15, -0.1) is 0 Å². The quantitative estimate of drug-likeness (QED) is 0.763. The van der Waals surface area contributed by atoms with E-state index in [4.69, 9.17) is 0 Å². The second-order valence-electron chi connectivity index (χ2n) is 5.06. The zero-order valence-corrected chi connectivity index (χ0v) is 13.1. The van der Waals surface area contributed by atoms with E-state index in [9.17, 15) is 0 Å². The van der Waals surface area contributed by atoms with Crippen LogP contribution >= 0.6 is 11.8 Å². The molecule has 0 bridgehead atoms. The summed E-state index contributed by atoms with van der Waals surface area (Å²) in [4.78, 5) is 0. The molecule has 18 heavy (non-hydrogen) atoms. The van der Waals surface area contributed by atoms with Crippen LogP contribution in [0.5, 0.6) is 0 Å². The Balaban J connectivity index is 2.59. The van der Waals surface area contributed by atoms with E-state index in [0.29, 0.717) is 6.04 Å². The monoisotopic (exact) mass is 265 g/mol. The molecule has 0 fully saturated rings. The molecule has 0 saturated carbocycles. The van der Waals surface area contributed by atoms with Crippen LogP contribution in [0.15, 0.2) is 18.2 Å². The summed E-state index contributed by atoms with van der Waals surface area (Å²) in [5.41, 5.74) is 4.26. The summed E-state index contributed by atoms with van der Waals surface area (Å²) < 4.78 is 0. The van der Waals surface area contributed by atoms with Crippen molar-refractivity contribution < 1.29 is 0 Å². The number of benzene rings is 1. The van der Waals surface area contributed by atoms with Crippen molar-refractivity contribution in [3.8, 4) is 0 Å². The van der Waals surface area contributed by atoms with Gasteiger partial charge in [0, 0.05) is 6.04 Å². The second-order valence-corrected chi connectivity index (χ2v) is 6.04. The first-order chi connectivity index (χ1) is 8.67. The zero-order valence-electron chi connectivity index (χ0n) is 12.3. The second kappa shape index (κ2) is 8.60. The highest BCUT2D eigenvalue weighted by atomic mass is 32.2. The molecular formula is C16H27NS. The fourth-order valence-electron chi connectivity index (χ4n) is 2.10. The molecule has 0 aliphatic heterocycles. The van der Waals surface area contributed by atoms with Gasteiger partial charge in [-0.2, -0.15) is 11.8 Å². The van der Waals surface area contributed by atoms with Gasteiger partial charge in [-0.3, -0.25) is 0 Å². The largest absolute Gasteiger partial charge is 0.314 e. The van der Waals surface area contributed by atoms with Gasteiger partial charge in [0.2, 0.25) is 0 Å². The first kappa shape index (κ1) is 15.6. The third-order valence-electron chi connectivity index (χ3n) is 3.41. The number of thioether (sulfide) groups is 1. The average molecular weight is 265 g/mol. The fraction of sp³-hybridized carbons (Fsp3) is 0.625. The average Bonchev–Trinajstić information content (AvgIpc) is 2.37. The SMILES string of the molecule is CCCNC(CCSC)Cc1ccc(C)c(C)c1. The lowest BCUT2D eigenvalue weighted by Gasteiger charge is -2.18. The van der Waals surface area contributed by atoms with Gasteiger partial charge in [0.05, 0.1) is 0 Å². The summed E-state index contributed by atoms with van der Waals surface area (Å²) in [7, 11) is 0. The molecule has 1 aromatic carbocycles. The van der Waals surface area contributed by atoms with Crippen molar-refractivity contribution in [2.45, 2.75) is 46.1 Å². The highest BCUT2D eigenvalue weighted by Crippen LogP contribution is 2.13. The fourth-order valence-corrected chi connectivity index (χ4v) is 2.62. The highest BCUT2D eigenvalue weighted by Gasteiger charge is 2.08. The number of hydrogen-bond donors (Lipinski definition) is 1. The van der Waals surface area contributed by atoms with Gasteiger partial charge in [0.1, 0.15) is 0 Å². The maximum absolute atomic E-state index is 3.67. The summed E-state index contributed by atoms with van der Waals surface area (Å²) in [6.07, 6.45) is 5.81. The normalized spacial score (nSPS) is 12.7. The van der Waals surface area contributed by atoms with E-state index in [-0.39, 0.29) is 0 Å². The lowest BCUT2D eigenvalue weighted by Crippen LogP contribution is -2.32. The van der Waals surface area contributed by atoms with Crippen LogP contribution in [0, 0.1) is 13.8 Å². The molecule has 0 aliphatic rings. The van der Waals surface area contributed by atoms with Crippen molar-refractivity contribution in [3.05, 3.63) is 34.9 Å². The van der Waals surface area contributed by atoms with Crippen molar-refractivity contribution in [1.82, 2.24) is 5.32 Å². The van der Waals surface area contributed by atoms with Gasteiger partial charge in [0.15, 0.2) is 0 Å². The van der Waals surface area contributed by atoms with E-state index >= 15 is 0 Å². The standard InChI is InChI=1S/C16H27NS/c1-5-9-17-16(8-10-18-4)12-15-7-6-13(2)14(3)11-15/h6-7,11,16-17H,5,8-10,12H2,1-4H3. The Morgan fingerprint density at radius 2 is 2.00 bits per heavy atom. The van der Waals surface area contributed by atoms with Crippen LogP contribution in [-0.4, -0.2) is 24.6 Å². The highest BCUT2D eigenvalue weighted by molar-refractivity contribution is 7.98. The molecular weight excluding hydrogens is 238 g/mol. The lowest BCUT2D eigenvalue weighted by molar-refractivity contribution is 0.497. The summed E-state index contributed by atoms with van der Waals surface area (Å²) in [5.74, 6) is 1.24. The summed E-state index contributed by atoms with van der Waals surface area (Å²) >= 11 is 1.94. The van der Waals surface area contributed by atoms with Crippen molar-refractivity contribution >= 4 is 11.8 Å². The maximum Gasteiger partial charge on any atom is 0.0115 e. The van der Waals surface area contributed by atoms with Gasteiger partial charge in [-0.1, -0.05) is 25.1 Å². The van der Waals surface area contributed by atoms with Gasteiger partial charge < -0.3 is 5.32 Å². The number of aryl methyl sites for hydroxylation is 2. The Labute approximate surface area is 117 Å². The smallest absolute Gasteiger partial charge is 0.0115 e. The zero-order chi connectivity index (χ0) is 13.4. The van der Waals surface area contributed by atoms with Crippen LogP contribution in [0.25, 0.3) is 0 Å². The minimum absolute atomic E-state index is 0.625. The molecule has 0 radical (unpaired) electrons. The number of rotatable bonds is 8. The van der Waals surface area contributed by atoms with Crippen LogP contribution < -0.4 is 5.32 Å². The predicted octanol–water partition coefficient (Wildman–Crippen LogP) is 3.97. The van der Waals surface area contributed by atoms with Gasteiger partial charge >= 0.3 is 0 Å². The minimum atomic E-state index is 0.625. The first-order valence-electron chi connectivity index (χ1n) is 6.95. The van der Waals surface area contributed by atoms with Crippen LogP contribution in [0.1, 0.15) is 36.5 Å². The molecule has 102 valence electrons. The van der Waals surface area contributed by atoms with E-state index < -0.39 is 0 Å². The van der Waals surface area contributed by atoms with Crippen molar-refractivity contribution in [2.24, 2.45) is 0 Å². The van der Waals surface area contributed by atoms with Crippen LogP contribution in [-0.2, 0) is 6.42 Å². The molecule has 0 aromatic heterocycles. The van der Waals surface area contributed by atoms with E-state index in [1.54, 1.807) is 0 Å². The third kappa shape index (κ3) is 5.45. The van der Waals surface area contributed by atoms with Crippen LogP contribution in [0.4, 0.5) is 0 Å². The molecule has 1 rings (SSSR count). The van der Waals surface area contributed by atoms with Crippen molar-refractivity contribution in [1.29, 1.82) is 0 Å². The van der Waals surface area contributed by atoms with Crippen LogP contribution in [0.3, 0.4) is 0 Å². The Morgan fingerprint density at radius 1 is 1.22 bits per heavy atom. The summed E-state index contributed by atoms with van der Waals surface area (Å²) in [6.45, 7) is 7.74. The Bertz CT molecular complexity index is 341. The molecule has 1 N–H and O–H groups in total. The van der Waals surface area contributed by atoms with E-state index in [1.807, 2.05) is 11.8 Å². The Hall–Kier alpha value is -0.470. The topological polar surface area (TPSA) is 12.0 Å². The van der Waals surface area contributed by atoms with E-state index in [1.165, 1.54) is 35.3 Å². The van der Waals surface area contributed by atoms with Crippen LogP contribution in [0.2, 0.25) is 0 Å². The summed E-state index contributed by atoms with van der Waals surface area (Å²) in [5, 5.41) is 3.67. The van der Waals surface area contributed by atoms with Crippen molar-refractivity contribution in [3.63, 3.8) is 0 Å². The molecule has 0 amide bonds. The van der Waals surface area contributed by atoms with Gasteiger partial charge in [0.25, 0.3) is 0 Å². The molecule has 0 spiro atoms. The maximum atomic E-state index is 3.67. The van der Waals surface area contributed by atoms with Gasteiger partial charge in [-0.05, 0) is 68.4 Å². The van der Waals surface area contributed by atoms with E-state index in [2.05, 4.69) is 50.5 Å². The Kier molecular flexibility index (Phi) is 7.45. The number of hydrogen-bond acceptors (Lipinski definition) is 2. The molecule has 1 nitrogen and oxygen atoms in total. The lowest BCUT2D eigenvalue weighted by atomic mass is 9.99. The molecule has 1 atom stereocenters. The molecule has 0 saturated heterocycles. The molecule has 1 aromatic rings. The van der Waals surface area contributed by atoms with Gasteiger partial charge in [-0.25, -0.2) is 0 Å². The first-order valence-corrected chi connectivity index (χ1v) is 8.35. The molecule has 0 heterocycles. The predicted molar refractivity (Wildman–Crippen MR) is 84.7 cm³/mol.